The van der Waals surface area contributed by atoms with Crippen molar-refractivity contribution in [3.05, 3.63) is 42.0 Å². The fourth-order valence-electron chi connectivity index (χ4n) is 1.65. The highest BCUT2D eigenvalue weighted by Gasteiger charge is 2.30. The second-order valence-electron chi connectivity index (χ2n) is 3.79. The van der Waals surface area contributed by atoms with Gasteiger partial charge in [-0.3, -0.25) is 0 Å². The van der Waals surface area contributed by atoms with Gasteiger partial charge in [-0.25, -0.2) is 0 Å². The normalized spacial score (nSPS) is 11.8. The second kappa shape index (κ2) is 4.86. The third-order valence-electron chi connectivity index (χ3n) is 2.50. The molecule has 2 aromatic carbocycles. The molecule has 0 aliphatic rings. The summed E-state index contributed by atoms with van der Waals surface area (Å²) in [5.74, 6) is 0.524. The number of alkyl halides is 3. The number of benzene rings is 2. The summed E-state index contributed by atoms with van der Waals surface area (Å²) in [6.07, 6.45) is -4.33. The van der Waals surface area contributed by atoms with Gasteiger partial charge in [0.05, 0.1) is 12.2 Å². The summed E-state index contributed by atoms with van der Waals surface area (Å²) in [6.45, 7) is 0.0528. The number of fused-ring (bicyclic) bond motifs is 1. The summed E-state index contributed by atoms with van der Waals surface area (Å²) in [4.78, 5) is 0. The Morgan fingerprint density at radius 1 is 1.00 bits per heavy atom. The van der Waals surface area contributed by atoms with Crippen molar-refractivity contribution in [2.45, 2.75) is 6.18 Å². The van der Waals surface area contributed by atoms with Gasteiger partial charge in [-0.2, -0.15) is 13.2 Å². The van der Waals surface area contributed by atoms with Gasteiger partial charge < -0.3 is 9.84 Å². The lowest BCUT2D eigenvalue weighted by molar-refractivity contribution is -0.137. The van der Waals surface area contributed by atoms with E-state index in [2.05, 4.69) is 0 Å². The van der Waals surface area contributed by atoms with Crippen LogP contribution in [0.25, 0.3) is 10.8 Å². The Morgan fingerprint density at radius 2 is 1.67 bits per heavy atom. The fraction of sp³-hybridized carbons (Fsp3) is 0.231. The Balaban J connectivity index is 2.36. The van der Waals surface area contributed by atoms with Crippen LogP contribution in [-0.4, -0.2) is 18.3 Å². The Morgan fingerprint density at radius 3 is 2.33 bits per heavy atom. The molecule has 0 atom stereocenters. The van der Waals surface area contributed by atoms with Crippen molar-refractivity contribution in [1.29, 1.82) is 0 Å². The molecule has 0 amide bonds. The molecule has 0 fully saturated rings. The first-order valence-electron chi connectivity index (χ1n) is 5.35. The smallest absolute Gasteiger partial charge is 0.416 e. The van der Waals surface area contributed by atoms with Gasteiger partial charge in [-0.05, 0) is 35.0 Å². The maximum Gasteiger partial charge on any atom is 0.416 e. The first-order chi connectivity index (χ1) is 8.50. The molecule has 1 N–H and O–H groups in total. The topological polar surface area (TPSA) is 29.5 Å². The minimum atomic E-state index is -4.33. The fourth-order valence-corrected chi connectivity index (χ4v) is 1.65. The third-order valence-corrected chi connectivity index (χ3v) is 2.50. The average molecular weight is 256 g/mol. The zero-order chi connectivity index (χ0) is 13.2. The molecule has 0 heterocycles. The first-order valence-corrected chi connectivity index (χ1v) is 5.35. The summed E-state index contributed by atoms with van der Waals surface area (Å²) >= 11 is 0. The quantitative estimate of drug-likeness (QED) is 0.913. The van der Waals surface area contributed by atoms with Crippen LogP contribution in [0.5, 0.6) is 5.75 Å². The molecule has 2 nitrogen and oxygen atoms in total. The number of hydrogen-bond donors (Lipinski definition) is 1. The Kier molecular flexibility index (Phi) is 3.43. The van der Waals surface area contributed by atoms with Crippen molar-refractivity contribution in [2.75, 3.05) is 13.2 Å². The van der Waals surface area contributed by atoms with E-state index in [0.717, 1.165) is 12.1 Å². The average Bonchev–Trinajstić information content (AvgIpc) is 2.34. The van der Waals surface area contributed by atoms with E-state index in [1.54, 1.807) is 18.2 Å². The van der Waals surface area contributed by atoms with Crippen LogP contribution in [0.15, 0.2) is 36.4 Å². The number of aliphatic hydroxyl groups is 1. The molecule has 5 heteroatoms. The number of rotatable bonds is 3. The second-order valence-corrected chi connectivity index (χ2v) is 3.79. The van der Waals surface area contributed by atoms with E-state index in [1.165, 1.54) is 6.07 Å². The zero-order valence-electron chi connectivity index (χ0n) is 9.37. The molecule has 0 aromatic heterocycles. The molecule has 0 radical (unpaired) electrons. The van der Waals surface area contributed by atoms with Gasteiger partial charge in [0, 0.05) is 0 Å². The molecule has 2 rings (SSSR count). The number of aliphatic hydroxyl groups excluding tert-OH is 1. The molecule has 18 heavy (non-hydrogen) atoms. The zero-order valence-corrected chi connectivity index (χ0v) is 9.37. The van der Waals surface area contributed by atoms with Crippen LogP contribution in [0.4, 0.5) is 13.2 Å². The largest absolute Gasteiger partial charge is 0.491 e. The lowest BCUT2D eigenvalue weighted by atomic mass is 10.1. The highest BCUT2D eigenvalue weighted by Crippen LogP contribution is 2.32. The molecule has 0 aliphatic carbocycles. The third kappa shape index (κ3) is 2.73. The van der Waals surface area contributed by atoms with Crippen molar-refractivity contribution in [1.82, 2.24) is 0 Å². The summed E-state index contributed by atoms with van der Waals surface area (Å²) in [7, 11) is 0. The van der Waals surface area contributed by atoms with Gasteiger partial charge in [0.1, 0.15) is 12.4 Å². The predicted molar refractivity (Wildman–Crippen MR) is 61.5 cm³/mol. The summed E-state index contributed by atoms with van der Waals surface area (Å²) in [6, 6.07) is 8.34. The summed E-state index contributed by atoms with van der Waals surface area (Å²) in [5, 5.41) is 9.78. The molecule has 96 valence electrons. The van der Waals surface area contributed by atoms with Crippen LogP contribution in [0.2, 0.25) is 0 Å². The van der Waals surface area contributed by atoms with Crippen LogP contribution in [0.3, 0.4) is 0 Å². The van der Waals surface area contributed by atoms with Crippen molar-refractivity contribution in [3.63, 3.8) is 0 Å². The highest BCUT2D eigenvalue weighted by atomic mass is 19.4. The maximum atomic E-state index is 12.5. The van der Waals surface area contributed by atoms with Crippen molar-refractivity contribution < 1.29 is 23.0 Å². The molecular formula is C13H11F3O2. The SMILES string of the molecule is OCCOc1ccc2cc(C(F)(F)F)ccc2c1. The van der Waals surface area contributed by atoms with Crippen molar-refractivity contribution >= 4 is 10.8 Å². The Hall–Kier alpha value is -1.75. The van der Waals surface area contributed by atoms with Crippen LogP contribution in [0, 0.1) is 0 Å². The minimum Gasteiger partial charge on any atom is -0.491 e. The standard InChI is InChI=1S/C13H11F3O2/c14-13(15,16)11-3-1-10-8-12(18-6-5-17)4-2-9(10)7-11/h1-4,7-8,17H,5-6H2. The highest BCUT2D eigenvalue weighted by molar-refractivity contribution is 5.84. The van der Waals surface area contributed by atoms with E-state index in [-0.39, 0.29) is 13.2 Å². The first kappa shape index (κ1) is 12.7. The molecule has 0 saturated carbocycles. The lowest BCUT2D eigenvalue weighted by Crippen LogP contribution is -2.04. The molecular weight excluding hydrogens is 245 g/mol. The Labute approximate surface area is 102 Å². The summed E-state index contributed by atoms with van der Waals surface area (Å²) < 4.78 is 42.7. The van der Waals surface area contributed by atoms with Gasteiger partial charge in [0.25, 0.3) is 0 Å². The molecule has 2 aromatic rings. The van der Waals surface area contributed by atoms with Gasteiger partial charge in [-0.1, -0.05) is 12.1 Å². The van der Waals surface area contributed by atoms with Crippen LogP contribution in [0.1, 0.15) is 5.56 Å². The van der Waals surface area contributed by atoms with Crippen LogP contribution >= 0.6 is 0 Å². The molecule has 0 spiro atoms. The van der Waals surface area contributed by atoms with E-state index in [9.17, 15) is 13.2 Å². The van der Waals surface area contributed by atoms with Crippen LogP contribution < -0.4 is 4.74 Å². The minimum absolute atomic E-state index is 0.106. The molecule has 0 unspecified atom stereocenters. The lowest BCUT2D eigenvalue weighted by Gasteiger charge is -2.09. The Bertz CT molecular complexity index is 549. The maximum absolute atomic E-state index is 12.5. The van der Waals surface area contributed by atoms with Crippen LogP contribution in [-0.2, 0) is 6.18 Å². The van der Waals surface area contributed by atoms with Crippen molar-refractivity contribution in [3.8, 4) is 5.75 Å². The van der Waals surface area contributed by atoms with E-state index in [1.807, 2.05) is 0 Å². The van der Waals surface area contributed by atoms with E-state index < -0.39 is 11.7 Å². The molecule has 0 bridgehead atoms. The number of hydrogen-bond acceptors (Lipinski definition) is 2. The van der Waals surface area contributed by atoms with Gasteiger partial charge in [0.2, 0.25) is 0 Å². The van der Waals surface area contributed by atoms with Gasteiger partial charge >= 0.3 is 6.18 Å². The monoisotopic (exact) mass is 256 g/mol. The number of ether oxygens (including phenoxy) is 1. The molecule has 0 aliphatic heterocycles. The summed E-state index contributed by atoms with van der Waals surface area (Å²) in [5.41, 5.74) is -0.668. The molecule has 0 saturated heterocycles. The predicted octanol–water partition coefficient (Wildman–Crippen LogP) is 3.23. The number of halogens is 3. The van der Waals surface area contributed by atoms with Gasteiger partial charge in [-0.15, -0.1) is 0 Å². The van der Waals surface area contributed by atoms with Crippen molar-refractivity contribution in [2.24, 2.45) is 0 Å². The van der Waals surface area contributed by atoms with E-state index in [4.69, 9.17) is 9.84 Å². The van der Waals surface area contributed by atoms with E-state index in [0.29, 0.717) is 16.5 Å². The van der Waals surface area contributed by atoms with Gasteiger partial charge in [0.15, 0.2) is 0 Å². The van der Waals surface area contributed by atoms with E-state index >= 15 is 0 Å².